The fourth-order valence-electron chi connectivity index (χ4n) is 3.29. The van der Waals surface area contributed by atoms with Crippen LogP contribution in [0.5, 0.6) is 17.2 Å². The van der Waals surface area contributed by atoms with Crippen LogP contribution in [0.25, 0.3) is 0 Å². The van der Waals surface area contributed by atoms with Gasteiger partial charge in [0.15, 0.2) is 11.5 Å². The predicted octanol–water partition coefficient (Wildman–Crippen LogP) is 2.48. The molecule has 2 aromatic rings. The minimum atomic E-state index is 0.0214. The second kappa shape index (κ2) is 8.60. The summed E-state index contributed by atoms with van der Waals surface area (Å²) < 4.78 is 16.9. The Labute approximate surface area is 153 Å². The average molecular weight is 359 g/mol. The molecule has 0 saturated heterocycles. The molecule has 2 N–H and O–H groups in total. The number of methoxy groups -OCH3 is 2. The number of nitrogens with zero attached hydrogens (tertiary/aromatic N) is 1. The zero-order valence-corrected chi connectivity index (χ0v) is 15.2. The first-order valence-corrected chi connectivity index (χ1v) is 8.84. The molecule has 1 aliphatic rings. The van der Waals surface area contributed by atoms with E-state index in [1.54, 1.807) is 26.7 Å². The molecular weight excluding hydrogens is 334 g/mol. The molecule has 1 saturated carbocycles. The molecule has 1 amide bonds. The van der Waals surface area contributed by atoms with E-state index < -0.39 is 0 Å². The van der Waals surface area contributed by atoms with Gasteiger partial charge in [-0.15, -0.1) is 0 Å². The van der Waals surface area contributed by atoms with Crippen molar-refractivity contribution in [3.05, 3.63) is 36.4 Å². The quantitative estimate of drug-likeness (QED) is 0.793. The Morgan fingerprint density at radius 1 is 1.19 bits per heavy atom. The summed E-state index contributed by atoms with van der Waals surface area (Å²) in [5.74, 6) is 1.99. The van der Waals surface area contributed by atoms with E-state index >= 15 is 0 Å². The number of nitrogens with one attached hydrogen (secondary N) is 2. The maximum atomic E-state index is 12.1. The minimum Gasteiger partial charge on any atom is -0.493 e. The lowest BCUT2D eigenvalue weighted by Crippen LogP contribution is -2.40. The number of ether oxygens (including phenoxy) is 3. The van der Waals surface area contributed by atoms with Crippen molar-refractivity contribution >= 4 is 5.91 Å². The third-order valence-electron chi connectivity index (χ3n) is 4.61. The van der Waals surface area contributed by atoms with Crippen molar-refractivity contribution < 1.29 is 19.0 Å². The van der Waals surface area contributed by atoms with Gasteiger partial charge in [-0.25, -0.2) is 4.98 Å². The van der Waals surface area contributed by atoms with Crippen LogP contribution in [0.15, 0.2) is 30.7 Å². The van der Waals surface area contributed by atoms with E-state index in [0.29, 0.717) is 23.7 Å². The molecule has 7 heteroatoms. The average Bonchev–Trinajstić information content (AvgIpc) is 3.16. The van der Waals surface area contributed by atoms with E-state index in [4.69, 9.17) is 14.2 Å². The van der Waals surface area contributed by atoms with Gasteiger partial charge in [0.05, 0.1) is 33.1 Å². The van der Waals surface area contributed by atoms with Crippen molar-refractivity contribution in [3.8, 4) is 17.2 Å². The van der Waals surface area contributed by atoms with Crippen molar-refractivity contribution in [3.63, 3.8) is 0 Å². The number of amides is 1. The van der Waals surface area contributed by atoms with Crippen LogP contribution in [0.2, 0.25) is 0 Å². The van der Waals surface area contributed by atoms with E-state index in [0.717, 1.165) is 31.4 Å². The normalized spacial score (nSPS) is 19.6. The number of imidazole rings is 1. The van der Waals surface area contributed by atoms with Gasteiger partial charge < -0.3 is 24.5 Å². The topological polar surface area (TPSA) is 85.5 Å². The van der Waals surface area contributed by atoms with Gasteiger partial charge >= 0.3 is 0 Å². The zero-order chi connectivity index (χ0) is 18.4. The third-order valence-corrected chi connectivity index (χ3v) is 4.61. The highest BCUT2D eigenvalue weighted by molar-refractivity contribution is 5.78. The standard InChI is InChI=1S/C19H25N3O4/c1-24-16-4-3-5-17(19(16)25-2)26-15-8-6-13(7-9-15)22-18(23)10-14-11-20-12-21-14/h3-5,11-13,15H,6-10H2,1-2H3,(H,20,21)(H,22,23). The highest BCUT2D eigenvalue weighted by Gasteiger charge is 2.25. The molecule has 1 aromatic heterocycles. The first-order valence-electron chi connectivity index (χ1n) is 8.84. The van der Waals surface area contributed by atoms with Crippen LogP contribution in [0.1, 0.15) is 31.4 Å². The molecule has 1 heterocycles. The molecule has 0 atom stereocenters. The molecule has 7 nitrogen and oxygen atoms in total. The van der Waals surface area contributed by atoms with Gasteiger partial charge in [0, 0.05) is 17.9 Å². The smallest absolute Gasteiger partial charge is 0.226 e. The van der Waals surface area contributed by atoms with Gasteiger partial charge in [0.25, 0.3) is 0 Å². The monoisotopic (exact) mass is 359 g/mol. The Balaban J connectivity index is 1.49. The first kappa shape index (κ1) is 18.1. The molecule has 1 aromatic carbocycles. The summed E-state index contributed by atoms with van der Waals surface area (Å²) in [6, 6.07) is 5.81. The number of para-hydroxylation sites is 1. The fourth-order valence-corrected chi connectivity index (χ4v) is 3.29. The van der Waals surface area contributed by atoms with Crippen molar-refractivity contribution in [2.24, 2.45) is 0 Å². The van der Waals surface area contributed by atoms with Gasteiger partial charge in [0.2, 0.25) is 11.7 Å². The van der Waals surface area contributed by atoms with Crippen LogP contribution >= 0.6 is 0 Å². The summed E-state index contributed by atoms with van der Waals surface area (Å²) in [7, 11) is 3.22. The summed E-state index contributed by atoms with van der Waals surface area (Å²) in [5.41, 5.74) is 0.824. The maximum Gasteiger partial charge on any atom is 0.226 e. The number of H-pyrrole nitrogens is 1. The summed E-state index contributed by atoms with van der Waals surface area (Å²) in [4.78, 5) is 19.0. The summed E-state index contributed by atoms with van der Waals surface area (Å²) in [6.07, 6.45) is 7.25. The van der Waals surface area contributed by atoms with E-state index in [1.165, 1.54) is 0 Å². The van der Waals surface area contributed by atoms with Crippen LogP contribution in [-0.4, -0.2) is 42.2 Å². The van der Waals surface area contributed by atoms with E-state index in [-0.39, 0.29) is 18.1 Å². The molecule has 0 unspecified atom stereocenters. The number of aromatic amines is 1. The van der Waals surface area contributed by atoms with Crippen LogP contribution in [0.3, 0.4) is 0 Å². The lowest BCUT2D eigenvalue weighted by Gasteiger charge is -2.30. The highest BCUT2D eigenvalue weighted by atomic mass is 16.5. The molecule has 0 radical (unpaired) electrons. The van der Waals surface area contributed by atoms with Crippen LogP contribution in [-0.2, 0) is 11.2 Å². The molecule has 0 aliphatic heterocycles. The van der Waals surface area contributed by atoms with Crippen molar-refractivity contribution in [1.82, 2.24) is 15.3 Å². The molecule has 140 valence electrons. The van der Waals surface area contributed by atoms with E-state index in [2.05, 4.69) is 15.3 Å². The van der Waals surface area contributed by atoms with Gasteiger partial charge in [-0.1, -0.05) is 6.07 Å². The number of rotatable bonds is 7. The molecular formula is C19H25N3O4. The van der Waals surface area contributed by atoms with Crippen molar-refractivity contribution in [2.75, 3.05) is 14.2 Å². The second-order valence-electron chi connectivity index (χ2n) is 6.40. The van der Waals surface area contributed by atoms with E-state index in [1.807, 2.05) is 18.2 Å². The van der Waals surface area contributed by atoms with Crippen LogP contribution in [0.4, 0.5) is 0 Å². The van der Waals surface area contributed by atoms with Crippen molar-refractivity contribution in [2.45, 2.75) is 44.2 Å². The Morgan fingerprint density at radius 2 is 1.96 bits per heavy atom. The molecule has 1 aliphatic carbocycles. The Kier molecular flexibility index (Phi) is 5.99. The first-order chi connectivity index (χ1) is 12.7. The molecule has 1 fully saturated rings. The Morgan fingerprint density at radius 3 is 2.62 bits per heavy atom. The predicted molar refractivity (Wildman–Crippen MR) is 96.7 cm³/mol. The van der Waals surface area contributed by atoms with E-state index in [9.17, 15) is 4.79 Å². The Bertz CT molecular complexity index is 710. The summed E-state index contributed by atoms with van der Waals surface area (Å²) in [5, 5.41) is 3.10. The largest absolute Gasteiger partial charge is 0.493 e. The third kappa shape index (κ3) is 4.47. The lowest BCUT2D eigenvalue weighted by molar-refractivity contribution is -0.121. The van der Waals surface area contributed by atoms with Gasteiger partial charge in [0.1, 0.15) is 0 Å². The number of aromatic nitrogens is 2. The number of carbonyl (C=O) groups excluding carboxylic acids is 1. The number of hydrogen-bond acceptors (Lipinski definition) is 5. The number of carbonyl (C=O) groups is 1. The fraction of sp³-hybridized carbons (Fsp3) is 0.474. The van der Waals surface area contributed by atoms with Gasteiger partial charge in [-0.05, 0) is 37.8 Å². The summed E-state index contributed by atoms with van der Waals surface area (Å²) in [6.45, 7) is 0. The van der Waals surface area contributed by atoms with Crippen LogP contribution < -0.4 is 19.5 Å². The van der Waals surface area contributed by atoms with Crippen molar-refractivity contribution in [1.29, 1.82) is 0 Å². The SMILES string of the molecule is COc1cccc(OC2CCC(NC(=O)Cc3cnc[nH]3)CC2)c1OC. The van der Waals surface area contributed by atoms with Crippen LogP contribution in [0, 0.1) is 0 Å². The highest BCUT2D eigenvalue weighted by Crippen LogP contribution is 2.38. The maximum absolute atomic E-state index is 12.1. The lowest BCUT2D eigenvalue weighted by atomic mass is 9.92. The Hall–Kier alpha value is -2.70. The molecule has 0 spiro atoms. The van der Waals surface area contributed by atoms with Gasteiger partial charge in [-0.3, -0.25) is 4.79 Å². The zero-order valence-electron chi connectivity index (χ0n) is 15.2. The molecule has 26 heavy (non-hydrogen) atoms. The summed E-state index contributed by atoms with van der Waals surface area (Å²) >= 11 is 0. The molecule has 3 rings (SSSR count). The minimum absolute atomic E-state index is 0.0214. The molecule has 0 bridgehead atoms. The number of hydrogen-bond donors (Lipinski definition) is 2. The second-order valence-corrected chi connectivity index (χ2v) is 6.40. The number of benzene rings is 1. The van der Waals surface area contributed by atoms with Gasteiger partial charge in [-0.2, -0.15) is 0 Å².